The summed E-state index contributed by atoms with van der Waals surface area (Å²) in [7, 11) is 0. The fourth-order valence-electron chi connectivity index (χ4n) is 4.25. The molecule has 196 valence electrons. The van der Waals surface area contributed by atoms with Gasteiger partial charge in [-0.1, -0.05) is 155 Å². The summed E-state index contributed by atoms with van der Waals surface area (Å²) in [5, 5.41) is 0. The Morgan fingerprint density at radius 2 is 0.667 bits per heavy atom. The molecule has 0 unspecified atom stereocenters. The molecule has 0 aliphatic rings. The van der Waals surface area contributed by atoms with E-state index >= 15 is 0 Å². The number of hydrogen-bond acceptors (Lipinski definition) is 4. The maximum absolute atomic E-state index is 11.4. The van der Waals surface area contributed by atoms with E-state index in [9.17, 15) is 9.59 Å². The molecular formula is C29H56O4. The fraction of sp³-hybridized carbons (Fsp3) is 0.931. The summed E-state index contributed by atoms with van der Waals surface area (Å²) in [6.07, 6.45) is 31.7. The second-order valence-corrected chi connectivity index (χ2v) is 9.79. The third-order valence-corrected chi connectivity index (χ3v) is 6.50. The molecule has 0 aromatic rings. The van der Waals surface area contributed by atoms with Gasteiger partial charge in [-0.3, -0.25) is 0 Å². The molecule has 0 N–H and O–H groups in total. The standard InChI is InChI=1S/C29H56O4/c1-3-5-6-7-8-9-10-11-12-13-14-15-16-17-18-19-20-21-22-23-24-25-26-27-29(31)33-32-28(30)4-2/h3-27H2,1-2H3. The van der Waals surface area contributed by atoms with Crippen molar-refractivity contribution >= 4 is 11.9 Å². The summed E-state index contributed by atoms with van der Waals surface area (Å²) in [5.74, 6) is -0.951. The van der Waals surface area contributed by atoms with E-state index in [1.807, 2.05) is 0 Å². The zero-order valence-electron chi connectivity index (χ0n) is 22.3. The molecule has 0 aliphatic heterocycles. The molecule has 4 nitrogen and oxygen atoms in total. The van der Waals surface area contributed by atoms with E-state index < -0.39 is 11.9 Å². The first-order valence-corrected chi connectivity index (χ1v) is 14.6. The lowest BCUT2D eigenvalue weighted by atomic mass is 10.0. The summed E-state index contributed by atoms with van der Waals surface area (Å²) in [4.78, 5) is 31.1. The Hall–Kier alpha value is -1.06. The van der Waals surface area contributed by atoms with Crippen LogP contribution in [0.2, 0.25) is 0 Å². The summed E-state index contributed by atoms with van der Waals surface area (Å²) in [6, 6.07) is 0. The Morgan fingerprint density at radius 1 is 0.394 bits per heavy atom. The second kappa shape index (κ2) is 27.2. The molecule has 0 fully saturated rings. The Balaban J connectivity index is 3.10. The number of rotatable bonds is 25. The van der Waals surface area contributed by atoms with E-state index in [4.69, 9.17) is 0 Å². The van der Waals surface area contributed by atoms with Crippen LogP contribution in [0.25, 0.3) is 0 Å². The van der Waals surface area contributed by atoms with Crippen LogP contribution >= 0.6 is 0 Å². The van der Waals surface area contributed by atoms with Gasteiger partial charge in [-0.15, -0.1) is 0 Å². The van der Waals surface area contributed by atoms with Crippen molar-refractivity contribution in [1.29, 1.82) is 0 Å². The first kappa shape index (κ1) is 31.9. The molecule has 0 amide bonds. The largest absolute Gasteiger partial charge is 0.355 e. The van der Waals surface area contributed by atoms with Gasteiger partial charge in [0.1, 0.15) is 0 Å². The van der Waals surface area contributed by atoms with Crippen molar-refractivity contribution in [2.75, 3.05) is 0 Å². The first-order valence-electron chi connectivity index (χ1n) is 14.6. The van der Waals surface area contributed by atoms with Crippen LogP contribution in [-0.4, -0.2) is 11.9 Å². The molecule has 0 heterocycles. The number of carbonyl (C=O) groups excluding carboxylic acids is 2. The number of carbonyl (C=O) groups is 2. The van der Waals surface area contributed by atoms with Crippen LogP contribution in [0.1, 0.15) is 174 Å². The summed E-state index contributed by atoms with van der Waals surface area (Å²) in [5.41, 5.74) is 0. The Morgan fingerprint density at radius 3 is 0.970 bits per heavy atom. The van der Waals surface area contributed by atoms with Gasteiger partial charge >= 0.3 is 11.9 Å². The molecule has 0 aromatic carbocycles. The van der Waals surface area contributed by atoms with Crippen molar-refractivity contribution in [2.24, 2.45) is 0 Å². The minimum absolute atomic E-state index is 0.215. The second-order valence-electron chi connectivity index (χ2n) is 9.79. The zero-order chi connectivity index (χ0) is 24.2. The van der Waals surface area contributed by atoms with Crippen molar-refractivity contribution in [1.82, 2.24) is 0 Å². The average molecular weight is 469 g/mol. The van der Waals surface area contributed by atoms with E-state index in [0.29, 0.717) is 6.42 Å². The van der Waals surface area contributed by atoms with Gasteiger partial charge in [0.15, 0.2) is 0 Å². The molecule has 0 atom stereocenters. The van der Waals surface area contributed by atoms with Gasteiger partial charge in [0.05, 0.1) is 6.42 Å². The molecule has 0 spiro atoms. The lowest BCUT2D eigenvalue weighted by molar-refractivity contribution is -0.258. The zero-order valence-corrected chi connectivity index (χ0v) is 22.3. The highest BCUT2D eigenvalue weighted by molar-refractivity contribution is 5.72. The van der Waals surface area contributed by atoms with Gasteiger partial charge in [-0.2, -0.15) is 0 Å². The highest BCUT2D eigenvalue weighted by Gasteiger charge is 2.07. The normalized spacial score (nSPS) is 11.0. The van der Waals surface area contributed by atoms with Gasteiger partial charge in [0, 0.05) is 6.42 Å². The highest BCUT2D eigenvalue weighted by Crippen LogP contribution is 2.15. The molecule has 0 aliphatic carbocycles. The third-order valence-electron chi connectivity index (χ3n) is 6.50. The van der Waals surface area contributed by atoms with Crippen molar-refractivity contribution in [3.05, 3.63) is 0 Å². The highest BCUT2D eigenvalue weighted by atomic mass is 17.2. The summed E-state index contributed by atoms with van der Waals surface area (Å²) in [6.45, 7) is 3.95. The molecule has 0 bridgehead atoms. The molecule has 0 aromatic heterocycles. The lowest BCUT2D eigenvalue weighted by Crippen LogP contribution is -2.10. The summed E-state index contributed by atoms with van der Waals surface area (Å²) >= 11 is 0. The predicted octanol–water partition coefficient (Wildman–Crippen LogP) is 9.78. The first-order chi connectivity index (χ1) is 16.2. The minimum atomic E-state index is -0.507. The van der Waals surface area contributed by atoms with Crippen molar-refractivity contribution < 1.29 is 19.4 Å². The van der Waals surface area contributed by atoms with Crippen LogP contribution in [0.4, 0.5) is 0 Å². The third kappa shape index (κ3) is 27.1. The quantitative estimate of drug-likeness (QED) is 0.0760. The van der Waals surface area contributed by atoms with E-state index in [1.54, 1.807) is 6.92 Å². The van der Waals surface area contributed by atoms with Gasteiger partial charge < -0.3 is 0 Å². The van der Waals surface area contributed by atoms with Crippen molar-refractivity contribution in [3.63, 3.8) is 0 Å². The predicted molar refractivity (Wildman–Crippen MR) is 139 cm³/mol. The number of unbranched alkanes of at least 4 members (excludes halogenated alkanes) is 22. The van der Waals surface area contributed by atoms with E-state index in [2.05, 4.69) is 16.7 Å². The van der Waals surface area contributed by atoms with Gasteiger partial charge in [0.2, 0.25) is 0 Å². The number of hydrogen-bond donors (Lipinski definition) is 0. The van der Waals surface area contributed by atoms with E-state index in [-0.39, 0.29) is 6.42 Å². The SMILES string of the molecule is CCCCCCCCCCCCCCCCCCCCCCCCCC(=O)OOC(=O)CC. The lowest BCUT2D eigenvalue weighted by Gasteiger charge is -2.04. The fourth-order valence-corrected chi connectivity index (χ4v) is 4.25. The Bertz CT molecular complexity index is 422. The maximum Gasteiger partial charge on any atom is 0.355 e. The molecule has 4 heteroatoms. The smallest absolute Gasteiger partial charge is 0.247 e. The summed E-state index contributed by atoms with van der Waals surface area (Å²) < 4.78 is 0. The van der Waals surface area contributed by atoms with Gasteiger partial charge in [-0.25, -0.2) is 19.4 Å². The molecule has 0 saturated carbocycles. The van der Waals surface area contributed by atoms with E-state index in [0.717, 1.165) is 12.8 Å². The van der Waals surface area contributed by atoms with Crippen LogP contribution in [0.3, 0.4) is 0 Å². The van der Waals surface area contributed by atoms with Gasteiger partial charge in [-0.05, 0) is 6.42 Å². The molecule has 0 rings (SSSR count). The monoisotopic (exact) mass is 468 g/mol. The van der Waals surface area contributed by atoms with Crippen molar-refractivity contribution in [2.45, 2.75) is 174 Å². The molecule has 33 heavy (non-hydrogen) atoms. The van der Waals surface area contributed by atoms with E-state index in [1.165, 1.54) is 135 Å². The average Bonchev–Trinajstić information content (AvgIpc) is 2.82. The maximum atomic E-state index is 11.4. The Kier molecular flexibility index (Phi) is 26.3. The molecular weight excluding hydrogens is 412 g/mol. The van der Waals surface area contributed by atoms with Crippen molar-refractivity contribution in [3.8, 4) is 0 Å². The minimum Gasteiger partial charge on any atom is -0.247 e. The molecule has 0 saturated heterocycles. The Labute approximate surface area is 205 Å². The topological polar surface area (TPSA) is 52.6 Å². The molecule has 0 radical (unpaired) electrons. The van der Waals surface area contributed by atoms with Crippen LogP contribution in [0.5, 0.6) is 0 Å². The van der Waals surface area contributed by atoms with Crippen LogP contribution in [0, 0.1) is 0 Å². The van der Waals surface area contributed by atoms with Crippen LogP contribution in [0.15, 0.2) is 0 Å². The van der Waals surface area contributed by atoms with Crippen LogP contribution < -0.4 is 0 Å². The van der Waals surface area contributed by atoms with Gasteiger partial charge in [0.25, 0.3) is 0 Å². The van der Waals surface area contributed by atoms with Crippen LogP contribution in [-0.2, 0) is 19.4 Å².